The van der Waals surface area contributed by atoms with Gasteiger partial charge in [0.2, 0.25) is 0 Å². The van der Waals surface area contributed by atoms with E-state index in [9.17, 15) is 9.70 Å². The summed E-state index contributed by atoms with van der Waals surface area (Å²) < 4.78 is 0. The Hall–Kier alpha value is -0.770. The maximum Gasteiger partial charge on any atom is 0.167 e. The standard InChI is InChI=1S/C7H14N2O2/c1-5(10)6(9-11)7(2,3)8-4/h6,8H,1-4H3. The number of hydrogen-bond donors (Lipinski definition) is 1. The highest BCUT2D eigenvalue weighted by atomic mass is 16.3. The number of nitrogens with one attached hydrogen (secondary N) is 1. The van der Waals surface area contributed by atoms with Crippen molar-refractivity contribution in [3.63, 3.8) is 0 Å². The maximum atomic E-state index is 10.8. The van der Waals surface area contributed by atoms with Gasteiger partial charge in [0.15, 0.2) is 11.8 Å². The van der Waals surface area contributed by atoms with Gasteiger partial charge >= 0.3 is 0 Å². The van der Waals surface area contributed by atoms with Gasteiger partial charge < -0.3 is 5.32 Å². The van der Waals surface area contributed by atoms with Crippen LogP contribution in [0.5, 0.6) is 0 Å². The maximum absolute atomic E-state index is 10.8. The van der Waals surface area contributed by atoms with Crippen LogP contribution in [0, 0.1) is 4.91 Å². The zero-order chi connectivity index (χ0) is 9.07. The lowest BCUT2D eigenvalue weighted by molar-refractivity contribution is -0.119. The molecule has 0 saturated carbocycles. The fourth-order valence-corrected chi connectivity index (χ4v) is 0.851. The average Bonchev–Trinajstić information content (AvgIpc) is 1.88. The second kappa shape index (κ2) is 3.57. The van der Waals surface area contributed by atoms with Gasteiger partial charge in [0.1, 0.15) is 0 Å². The van der Waals surface area contributed by atoms with Gasteiger partial charge in [-0.2, -0.15) is 0 Å². The highest BCUT2D eigenvalue weighted by molar-refractivity contribution is 5.83. The number of Topliss-reactive ketones (excluding diaryl/α,β-unsaturated/α-hetero) is 1. The number of carbonyl (C=O) groups is 1. The molecule has 0 bridgehead atoms. The molecule has 0 aromatic carbocycles. The zero-order valence-corrected chi connectivity index (χ0v) is 7.34. The SMILES string of the molecule is CNC(C)(C)C(N=O)C(C)=O. The molecular formula is C7H14N2O2. The molecule has 0 aliphatic carbocycles. The van der Waals surface area contributed by atoms with Gasteiger partial charge in [-0.05, 0) is 27.8 Å². The Balaban J connectivity index is 4.48. The van der Waals surface area contributed by atoms with Gasteiger partial charge in [-0.3, -0.25) is 4.79 Å². The topological polar surface area (TPSA) is 58.5 Å². The molecule has 0 aromatic heterocycles. The third-order valence-corrected chi connectivity index (χ3v) is 1.82. The predicted molar refractivity (Wildman–Crippen MR) is 43.4 cm³/mol. The van der Waals surface area contributed by atoms with Crippen molar-refractivity contribution in [1.29, 1.82) is 0 Å². The van der Waals surface area contributed by atoms with Gasteiger partial charge in [-0.15, -0.1) is 4.91 Å². The minimum absolute atomic E-state index is 0.209. The van der Waals surface area contributed by atoms with Gasteiger partial charge in [-0.25, -0.2) is 0 Å². The molecule has 0 amide bonds. The van der Waals surface area contributed by atoms with Crippen LogP contribution >= 0.6 is 0 Å². The molecule has 64 valence electrons. The van der Waals surface area contributed by atoms with Gasteiger partial charge in [0.05, 0.1) is 0 Å². The monoisotopic (exact) mass is 158 g/mol. The van der Waals surface area contributed by atoms with Crippen LogP contribution < -0.4 is 5.32 Å². The second-order valence-corrected chi connectivity index (χ2v) is 3.09. The third kappa shape index (κ3) is 2.38. The molecule has 11 heavy (non-hydrogen) atoms. The number of nitrogens with zero attached hydrogens (tertiary/aromatic N) is 1. The van der Waals surface area contributed by atoms with E-state index in [0.717, 1.165) is 0 Å². The van der Waals surface area contributed by atoms with Crippen molar-refractivity contribution in [3.8, 4) is 0 Å². The number of hydrogen-bond acceptors (Lipinski definition) is 4. The van der Waals surface area contributed by atoms with Crippen LogP contribution in [0.2, 0.25) is 0 Å². The van der Waals surface area contributed by atoms with Crippen LogP contribution in [0.25, 0.3) is 0 Å². The van der Waals surface area contributed by atoms with E-state index in [4.69, 9.17) is 0 Å². The molecule has 4 nitrogen and oxygen atoms in total. The number of rotatable bonds is 4. The average molecular weight is 158 g/mol. The molecule has 0 saturated heterocycles. The van der Waals surface area contributed by atoms with Crippen LogP contribution in [-0.4, -0.2) is 24.4 Å². The Bertz CT molecular complexity index is 166. The molecule has 0 fully saturated rings. The highest BCUT2D eigenvalue weighted by Gasteiger charge is 2.32. The molecule has 0 rings (SSSR count). The first kappa shape index (κ1) is 10.2. The molecule has 0 aliphatic heterocycles. The van der Waals surface area contributed by atoms with Crippen LogP contribution in [0.3, 0.4) is 0 Å². The van der Waals surface area contributed by atoms with Crippen molar-refractivity contribution in [1.82, 2.24) is 5.32 Å². The summed E-state index contributed by atoms with van der Waals surface area (Å²) in [7, 11) is 1.70. The summed E-state index contributed by atoms with van der Waals surface area (Å²) in [5.41, 5.74) is -0.548. The van der Waals surface area contributed by atoms with Crippen LogP contribution in [-0.2, 0) is 4.79 Å². The van der Waals surface area contributed by atoms with Crippen molar-refractivity contribution in [2.75, 3.05) is 7.05 Å². The van der Waals surface area contributed by atoms with E-state index in [1.165, 1.54) is 6.92 Å². The third-order valence-electron chi connectivity index (χ3n) is 1.82. The molecule has 4 heteroatoms. The van der Waals surface area contributed by atoms with Crippen LogP contribution in [0.15, 0.2) is 5.18 Å². The van der Waals surface area contributed by atoms with Crippen molar-refractivity contribution >= 4 is 5.78 Å². The highest BCUT2D eigenvalue weighted by Crippen LogP contribution is 2.12. The Labute approximate surface area is 66.3 Å². The smallest absolute Gasteiger partial charge is 0.167 e. The Kier molecular flexibility index (Phi) is 3.32. The molecule has 0 aromatic rings. The number of nitroso groups, excluding NO2 is 1. The van der Waals surface area contributed by atoms with Crippen molar-refractivity contribution < 1.29 is 4.79 Å². The van der Waals surface area contributed by atoms with Crippen molar-refractivity contribution in [3.05, 3.63) is 4.91 Å². The van der Waals surface area contributed by atoms with Crippen molar-refractivity contribution in [2.45, 2.75) is 32.4 Å². The summed E-state index contributed by atoms with van der Waals surface area (Å²) in [5, 5.41) is 5.63. The minimum atomic E-state index is -0.799. The molecule has 0 spiro atoms. The lowest BCUT2D eigenvalue weighted by Crippen LogP contribution is -2.49. The summed E-state index contributed by atoms with van der Waals surface area (Å²) in [6.45, 7) is 4.89. The first-order valence-electron chi connectivity index (χ1n) is 3.47. The molecule has 1 atom stereocenters. The van der Waals surface area contributed by atoms with Gasteiger partial charge in [0, 0.05) is 5.54 Å². The van der Waals surface area contributed by atoms with E-state index in [1.807, 2.05) is 0 Å². The number of carbonyl (C=O) groups excluding carboxylic acids is 1. The summed E-state index contributed by atoms with van der Waals surface area (Å²) in [6, 6.07) is -0.799. The normalized spacial score (nSPS) is 14.2. The molecule has 0 heterocycles. The van der Waals surface area contributed by atoms with E-state index < -0.39 is 11.6 Å². The fourth-order valence-electron chi connectivity index (χ4n) is 0.851. The summed E-state index contributed by atoms with van der Waals surface area (Å²) in [4.78, 5) is 21.1. The van der Waals surface area contributed by atoms with Gasteiger partial charge in [0.25, 0.3) is 0 Å². The first-order chi connectivity index (χ1) is 4.95. The Morgan fingerprint density at radius 3 is 2.09 bits per heavy atom. The first-order valence-corrected chi connectivity index (χ1v) is 3.47. The lowest BCUT2D eigenvalue weighted by Gasteiger charge is -2.26. The Morgan fingerprint density at radius 1 is 1.55 bits per heavy atom. The summed E-state index contributed by atoms with van der Waals surface area (Å²) >= 11 is 0. The molecular weight excluding hydrogens is 144 g/mol. The van der Waals surface area contributed by atoms with E-state index in [0.29, 0.717) is 0 Å². The summed E-state index contributed by atoms with van der Waals surface area (Å²) in [6.07, 6.45) is 0. The second-order valence-electron chi connectivity index (χ2n) is 3.09. The van der Waals surface area contributed by atoms with Crippen molar-refractivity contribution in [2.24, 2.45) is 5.18 Å². The van der Waals surface area contributed by atoms with Crippen LogP contribution in [0.4, 0.5) is 0 Å². The number of likely N-dealkylation sites (N-methyl/N-ethyl adjacent to an activating group) is 1. The van der Waals surface area contributed by atoms with Gasteiger partial charge in [-0.1, -0.05) is 5.18 Å². The Morgan fingerprint density at radius 2 is 2.00 bits per heavy atom. The molecule has 1 unspecified atom stereocenters. The number of ketones is 1. The zero-order valence-electron chi connectivity index (χ0n) is 7.34. The van der Waals surface area contributed by atoms with Crippen LogP contribution in [0.1, 0.15) is 20.8 Å². The molecule has 0 radical (unpaired) electrons. The fraction of sp³-hybridized carbons (Fsp3) is 0.857. The lowest BCUT2D eigenvalue weighted by atomic mass is 9.93. The van der Waals surface area contributed by atoms with E-state index in [-0.39, 0.29) is 5.78 Å². The molecule has 1 N–H and O–H groups in total. The van der Waals surface area contributed by atoms with E-state index in [2.05, 4.69) is 10.5 Å². The summed E-state index contributed by atoms with van der Waals surface area (Å²) in [5.74, 6) is -0.209. The van der Waals surface area contributed by atoms with E-state index >= 15 is 0 Å². The minimum Gasteiger partial charge on any atom is -0.312 e. The van der Waals surface area contributed by atoms with E-state index in [1.54, 1.807) is 20.9 Å². The molecule has 0 aliphatic rings. The predicted octanol–water partition coefficient (Wildman–Crippen LogP) is 0.708. The quantitative estimate of drug-likeness (QED) is 0.613. The largest absolute Gasteiger partial charge is 0.312 e.